The van der Waals surface area contributed by atoms with Gasteiger partial charge in [0.25, 0.3) is 5.69 Å². The Hall–Kier alpha value is -1.74. The molecule has 0 aromatic heterocycles. The fraction of sp³-hybridized carbons (Fsp3) is 0.455. The van der Waals surface area contributed by atoms with Crippen LogP contribution >= 0.6 is 0 Å². The second kappa shape index (κ2) is 4.98. The van der Waals surface area contributed by atoms with Crippen LogP contribution in [0.3, 0.4) is 0 Å². The molecule has 7 nitrogen and oxygen atoms in total. The highest BCUT2D eigenvalue weighted by Crippen LogP contribution is 2.37. The van der Waals surface area contributed by atoms with E-state index in [1.165, 1.54) is 0 Å². The number of halogens is 1. The molecule has 1 aliphatic rings. The Labute approximate surface area is 115 Å². The Morgan fingerprint density at radius 3 is 2.60 bits per heavy atom. The average Bonchev–Trinajstić information content (AvgIpc) is 3.01. The number of nitrogens with two attached hydrogens (primary N) is 1. The maximum atomic E-state index is 13.8. The normalized spacial score (nSPS) is 21.7. The van der Waals surface area contributed by atoms with E-state index < -0.39 is 37.0 Å². The Kier molecular flexibility index (Phi) is 3.65. The zero-order valence-corrected chi connectivity index (χ0v) is 11.5. The number of benzene rings is 1. The first-order valence-corrected chi connectivity index (χ1v) is 7.43. The molecule has 0 amide bonds. The number of nitro benzene ring substituents is 1. The highest BCUT2D eigenvalue weighted by atomic mass is 32.2. The van der Waals surface area contributed by atoms with Gasteiger partial charge in [-0.3, -0.25) is 10.1 Å². The zero-order chi connectivity index (χ0) is 15.1. The monoisotopic (exact) mass is 303 g/mol. The molecule has 3 N–H and O–H groups in total. The van der Waals surface area contributed by atoms with E-state index in [1.807, 2.05) is 6.92 Å². The number of rotatable bonds is 5. The average molecular weight is 303 g/mol. The van der Waals surface area contributed by atoms with Crippen molar-refractivity contribution in [2.24, 2.45) is 11.8 Å². The molecule has 2 unspecified atom stereocenters. The van der Waals surface area contributed by atoms with Crippen molar-refractivity contribution in [3.63, 3.8) is 0 Å². The lowest BCUT2D eigenvalue weighted by molar-refractivity contribution is -0.385. The number of non-ortho nitro benzene ring substituents is 1. The third-order valence-electron chi connectivity index (χ3n) is 3.35. The van der Waals surface area contributed by atoms with Crippen molar-refractivity contribution in [2.75, 3.05) is 12.3 Å². The van der Waals surface area contributed by atoms with Crippen molar-refractivity contribution < 1.29 is 17.7 Å². The Morgan fingerprint density at radius 2 is 2.15 bits per heavy atom. The molecule has 0 radical (unpaired) electrons. The lowest BCUT2D eigenvalue weighted by Crippen LogP contribution is -2.28. The molecule has 1 aromatic rings. The highest BCUT2D eigenvalue weighted by Gasteiger charge is 2.34. The summed E-state index contributed by atoms with van der Waals surface area (Å²) in [5.74, 6) is -0.545. The molecule has 1 aliphatic carbocycles. The summed E-state index contributed by atoms with van der Waals surface area (Å²) in [5.41, 5.74) is 4.36. The number of nitro groups is 1. The molecule has 0 bridgehead atoms. The van der Waals surface area contributed by atoms with Crippen molar-refractivity contribution in [3.8, 4) is 0 Å². The SMILES string of the molecule is CC1CC1CNS(=O)(=O)c1c(N)cc([N+](=O)[O-])cc1F. The number of anilines is 1. The number of nitrogens with zero attached hydrogens (tertiary/aromatic N) is 1. The predicted octanol–water partition coefficient (Wildman–Crippen LogP) is 1.25. The van der Waals surface area contributed by atoms with Crippen LogP contribution in [0.1, 0.15) is 13.3 Å². The summed E-state index contributed by atoms with van der Waals surface area (Å²) in [6.07, 6.45) is 0.917. The Bertz CT molecular complexity index is 639. The van der Waals surface area contributed by atoms with Crippen LogP contribution in [0.2, 0.25) is 0 Å². The summed E-state index contributed by atoms with van der Waals surface area (Å²) in [7, 11) is -4.12. The van der Waals surface area contributed by atoms with Crippen LogP contribution in [-0.4, -0.2) is 19.9 Å². The van der Waals surface area contributed by atoms with Gasteiger partial charge in [-0.2, -0.15) is 0 Å². The van der Waals surface area contributed by atoms with E-state index in [0.29, 0.717) is 12.0 Å². The minimum absolute atomic E-state index is 0.208. The van der Waals surface area contributed by atoms with Gasteiger partial charge in [0.2, 0.25) is 10.0 Å². The number of nitrogens with one attached hydrogen (secondary N) is 1. The molecule has 9 heteroatoms. The van der Waals surface area contributed by atoms with Gasteiger partial charge in [0.15, 0.2) is 5.82 Å². The van der Waals surface area contributed by atoms with Gasteiger partial charge in [-0.05, 0) is 18.3 Å². The van der Waals surface area contributed by atoms with Crippen molar-refractivity contribution in [2.45, 2.75) is 18.2 Å². The van der Waals surface area contributed by atoms with Gasteiger partial charge >= 0.3 is 0 Å². The fourth-order valence-electron chi connectivity index (χ4n) is 1.96. The number of sulfonamides is 1. The molecule has 1 fully saturated rings. The van der Waals surface area contributed by atoms with Crippen LogP contribution in [0.25, 0.3) is 0 Å². The third-order valence-corrected chi connectivity index (χ3v) is 4.86. The van der Waals surface area contributed by atoms with Crippen molar-refractivity contribution in [1.82, 2.24) is 4.72 Å². The summed E-state index contributed by atoms with van der Waals surface area (Å²) in [4.78, 5) is 8.97. The lowest BCUT2D eigenvalue weighted by Gasteiger charge is -2.09. The molecule has 110 valence electrons. The largest absolute Gasteiger partial charge is 0.397 e. The van der Waals surface area contributed by atoms with Crippen LogP contribution in [-0.2, 0) is 10.0 Å². The standard InChI is InChI=1S/C11H14FN3O4S/c1-6-2-7(6)5-14-20(18,19)11-9(12)3-8(15(16)17)4-10(11)13/h3-4,6-7,14H,2,5,13H2,1H3. The summed E-state index contributed by atoms with van der Waals surface area (Å²) in [5, 5.41) is 10.5. The van der Waals surface area contributed by atoms with Crippen LogP contribution in [0.15, 0.2) is 17.0 Å². The maximum absolute atomic E-state index is 13.8. The van der Waals surface area contributed by atoms with Gasteiger partial charge in [0.05, 0.1) is 16.7 Å². The van der Waals surface area contributed by atoms with Crippen LogP contribution in [0, 0.1) is 27.8 Å². The molecule has 20 heavy (non-hydrogen) atoms. The molecular weight excluding hydrogens is 289 g/mol. The number of hydrogen-bond donors (Lipinski definition) is 2. The van der Waals surface area contributed by atoms with Gasteiger partial charge in [-0.25, -0.2) is 17.5 Å². The molecule has 0 saturated heterocycles. The van der Waals surface area contributed by atoms with Crippen molar-refractivity contribution >= 4 is 21.4 Å². The van der Waals surface area contributed by atoms with E-state index in [4.69, 9.17) is 5.73 Å². The fourth-order valence-corrected chi connectivity index (χ4v) is 3.22. The second-order valence-corrected chi connectivity index (χ2v) is 6.63. The molecule has 1 saturated carbocycles. The first-order chi connectivity index (χ1) is 9.22. The van der Waals surface area contributed by atoms with Gasteiger partial charge in [-0.15, -0.1) is 0 Å². The van der Waals surface area contributed by atoms with Crippen LogP contribution in [0.4, 0.5) is 15.8 Å². The van der Waals surface area contributed by atoms with Gasteiger partial charge in [0.1, 0.15) is 4.90 Å². The summed E-state index contributed by atoms with van der Waals surface area (Å²) < 4.78 is 40.0. The predicted molar refractivity (Wildman–Crippen MR) is 69.9 cm³/mol. The molecule has 1 aromatic carbocycles. The van der Waals surface area contributed by atoms with Crippen LogP contribution in [0.5, 0.6) is 0 Å². The van der Waals surface area contributed by atoms with Gasteiger partial charge in [0, 0.05) is 12.6 Å². The summed E-state index contributed by atoms with van der Waals surface area (Å²) >= 11 is 0. The molecular formula is C11H14FN3O4S. The second-order valence-electron chi connectivity index (χ2n) is 4.93. The van der Waals surface area contributed by atoms with Gasteiger partial charge in [-0.1, -0.05) is 6.92 Å². The first-order valence-electron chi connectivity index (χ1n) is 5.95. The maximum Gasteiger partial charge on any atom is 0.274 e. The van der Waals surface area contributed by atoms with Crippen molar-refractivity contribution in [3.05, 3.63) is 28.1 Å². The first kappa shape index (κ1) is 14.7. The molecule has 0 heterocycles. The topological polar surface area (TPSA) is 115 Å². The Balaban J connectivity index is 2.29. The number of hydrogen-bond acceptors (Lipinski definition) is 5. The quantitative estimate of drug-likeness (QED) is 0.482. The Morgan fingerprint density at radius 1 is 1.55 bits per heavy atom. The third kappa shape index (κ3) is 2.88. The summed E-state index contributed by atoms with van der Waals surface area (Å²) in [6, 6.07) is 1.38. The highest BCUT2D eigenvalue weighted by molar-refractivity contribution is 7.89. The van der Waals surface area contributed by atoms with E-state index in [1.54, 1.807) is 0 Å². The molecule has 2 atom stereocenters. The van der Waals surface area contributed by atoms with Crippen LogP contribution < -0.4 is 10.5 Å². The minimum Gasteiger partial charge on any atom is -0.397 e. The van der Waals surface area contributed by atoms with E-state index in [0.717, 1.165) is 12.5 Å². The van der Waals surface area contributed by atoms with Gasteiger partial charge < -0.3 is 5.73 Å². The zero-order valence-electron chi connectivity index (χ0n) is 10.7. The number of nitrogen functional groups attached to an aromatic ring is 1. The molecule has 0 spiro atoms. The minimum atomic E-state index is -4.12. The molecule has 2 rings (SSSR count). The lowest BCUT2D eigenvalue weighted by atomic mass is 10.3. The van der Waals surface area contributed by atoms with E-state index in [-0.39, 0.29) is 12.5 Å². The molecule has 0 aliphatic heterocycles. The summed E-state index contributed by atoms with van der Waals surface area (Å²) in [6.45, 7) is 2.19. The van der Waals surface area contributed by atoms with Crippen molar-refractivity contribution in [1.29, 1.82) is 0 Å². The van der Waals surface area contributed by atoms with E-state index >= 15 is 0 Å². The van der Waals surface area contributed by atoms with E-state index in [2.05, 4.69) is 4.72 Å². The smallest absolute Gasteiger partial charge is 0.274 e. The van der Waals surface area contributed by atoms with E-state index in [9.17, 15) is 22.9 Å².